The molecule has 2 saturated carbocycles. The highest BCUT2D eigenvalue weighted by Gasteiger charge is 2.42. The van der Waals surface area contributed by atoms with Gasteiger partial charge in [0.25, 0.3) is 0 Å². The van der Waals surface area contributed by atoms with Crippen molar-refractivity contribution >= 4 is 5.97 Å². The summed E-state index contributed by atoms with van der Waals surface area (Å²) in [5.41, 5.74) is 0.648. The number of nitrogens with one attached hydrogen (secondary N) is 1. The third-order valence-corrected chi connectivity index (χ3v) is 6.99. The summed E-state index contributed by atoms with van der Waals surface area (Å²) in [5, 5.41) is 16.8. The fourth-order valence-corrected chi connectivity index (χ4v) is 4.84. The van der Waals surface area contributed by atoms with Gasteiger partial charge in [-0.15, -0.1) is 0 Å². The zero-order valence-corrected chi connectivity index (χ0v) is 17.8. The maximum absolute atomic E-state index is 11.4. The Hall–Kier alpha value is -1.43. The maximum Gasteiger partial charge on any atom is 0.304 e. The second-order valence-corrected chi connectivity index (χ2v) is 9.98. The second kappa shape index (κ2) is 8.93. The lowest BCUT2D eigenvalue weighted by Gasteiger charge is -2.48. The van der Waals surface area contributed by atoms with Crippen molar-refractivity contribution in [2.75, 3.05) is 0 Å². The molecule has 28 heavy (non-hydrogen) atoms. The molecule has 0 aromatic carbocycles. The first kappa shape index (κ1) is 21.3. The highest BCUT2D eigenvalue weighted by Crippen LogP contribution is 2.53. The fourth-order valence-electron chi connectivity index (χ4n) is 4.84. The van der Waals surface area contributed by atoms with Crippen LogP contribution in [0.25, 0.3) is 0 Å². The van der Waals surface area contributed by atoms with Gasteiger partial charge in [0.1, 0.15) is 0 Å². The molecular formula is C22H37N3O3. The summed E-state index contributed by atoms with van der Waals surface area (Å²) in [7, 11) is 0. The second-order valence-electron chi connectivity index (χ2n) is 9.98. The van der Waals surface area contributed by atoms with Gasteiger partial charge in [0.05, 0.1) is 13.0 Å². The minimum atomic E-state index is -0.802. The van der Waals surface area contributed by atoms with Crippen molar-refractivity contribution in [3.05, 3.63) is 11.7 Å². The molecule has 0 aliphatic heterocycles. The third kappa shape index (κ3) is 5.56. The monoisotopic (exact) mass is 391 g/mol. The molecule has 0 spiro atoms. The molecular weight excluding hydrogens is 354 g/mol. The van der Waals surface area contributed by atoms with Gasteiger partial charge in [-0.1, -0.05) is 51.6 Å². The van der Waals surface area contributed by atoms with Crippen molar-refractivity contribution in [3.8, 4) is 0 Å². The molecule has 0 radical (unpaired) electrons. The number of carboxylic acids is 1. The van der Waals surface area contributed by atoms with E-state index in [4.69, 9.17) is 4.52 Å². The lowest BCUT2D eigenvalue weighted by atomic mass is 9.57. The number of hydrogen-bond acceptors (Lipinski definition) is 5. The molecule has 0 unspecified atom stereocenters. The summed E-state index contributed by atoms with van der Waals surface area (Å²) in [5.74, 6) is 0.128. The number of nitrogens with zero attached hydrogens (tertiary/aromatic N) is 2. The van der Waals surface area contributed by atoms with E-state index in [2.05, 4.69) is 36.2 Å². The van der Waals surface area contributed by atoms with Crippen molar-refractivity contribution < 1.29 is 14.4 Å². The number of carboxylic acid groups (broad SMARTS) is 1. The summed E-state index contributed by atoms with van der Waals surface area (Å²) in [6.07, 6.45) is 12.0. The Morgan fingerprint density at radius 2 is 2.00 bits per heavy atom. The molecule has 0 amide bonds. The van der Waals surface area contributed by atoms with Crippen LogP contribution in [0.15, 0.2) is 4.52 Å². The first-order valence-corrected chi connectivity index (χ1v) is 11.1. The molecule has 1 atom stereocenters. The molecule has 1 aromatic rings. The first-order chi connectivity index (χ1) is 13.3. The molecule has 6 heteroatoms. The number of aliphatic carboxylic acids is 1. The predicted octanol–water partition coefficient (Wildman–Crippen LogP) is 5.05. The van der Waals surface area contributed by atoms with Gasteiger partial charge in [0, 0.05) is 12.0 Å². The highest BCUT2D eigenvalue weighted by molar-refractivity contribution is 5.67. The zero-order chi connectivity index (χ0) is 20.2. The van der Waals surface area contributed by atoms with Gasteiger partial charge in [0.2, 0.25) is 5.89 Å². The first-order valence-electron chi connectivity index (χ1n) is 11.1. The van der Waals surface area contributed by atoms with Crippen molar-refractivity contribution in [3.63, 3.8) is 0 Å². The molecule has 158 valence electrons. The van der Waals surface area contributed by atoms with Crippen LogP contribution in [-0.4, -0.2) is 27.3 Å². The summed E-state index contributed by atoms with van der Waals surface area (Å²) in [6, 6.07) is 0.584. The van der Waals surface area contributed by atoms with E-state index in [0.29, 0.717) is 29.7 Å². The maximum atomic E-state index is 11.4. The van der Waals surface area contributed by atoms with Crippen molar-refractivity contribution in [1.82, 2.24) is 15.5 Å². The van der Waals surface area contributed by atoms with Gasteiger partial charge in [0.15, 0.2) is 5.82 Å². The van der Waals surface area contributed by atoms with Crippen LogP contribution in [0.3, 0.4) is 0 Å². The van der Waals surface area contributed by atoms with Gasteiger partial charge in [-0.05, 0) is 49.4 Å². The van der Waals surface area contributed by atoms with E-state index in [1.807, 2.05) is 0 Å². The molecule has 3 rings (SSSR count). The Morgan fingerprint density at radius 3 is 2.61 bits per heavy atom. The number of hydrogen-bond donors (Lipinski definition) is 2. The summed E-state index contributed by atoms with van der Waals surface area (Å²) in [4.78, 5) is 15.9. The fraction of sp³-hybridized carbons (Fsp3) is 0.864. The van der Waals surface area contributed by atoms with Crippen LogP contribution in [-0.2, 0) is 11.3 Å². The minimum Gasteiger partial charge on any atom is -0.481 e. The van der Waals surface area contributed by atoms with Gasteiger partial charge in [-0.25, -0.2) is 0 Å². The number of rotatable bonds is 10. The Kier molecular flexibility index (Phi) is 6.79. The van der Waals surface area contributed by atoms with Gasteiger partial charge in [-0.2, -0.15) is 4.98 Å². The third-order valence-electron chi connectivity index (χ3n) is 6.99. The van der Waals surface area contributed by atoms with Crippen LogP contribution in [0.4, 0.5) is 0 Å². The van der Waals surface area contributed by atoms with Crippen LogP contribution in [0, 0.1) is 10.8 Å². The van der Waals surface area contributed by atoms with Crippen molar-refractivity contribution in [2.24, 2.45) is 10.8 Å². The van der Waals surface area contributed by atoms with Crippen LogP contribution in [0.5, 0.6) is 0 Å². The smallest absolute Gasteiger partial charge is 0.304 e. The van der Waals surface area contributed by atoms with Crippen LogP contribution in [0.1, 0.15) is 109 Å². The van der Waals surface area contributed by atoms with E-state index in [9.17, 15) is 9.90 Å². The lowest BCUT2D eigenvalue weighted by Crippen LogP contribution is -2.37. The molecule has 0 saturated heterocycles. The van der Waals surface area contributed by atoms with Crippen molar-refractivity contribution in [2.45, 2.75) is 110 Å². The van der Waals surface area contributed by atoms with Gasteiger partial charge < -0.3 is 14.9 Å². The average molecular weight is 392 g/mol. The SMILES string of the molecule is CC(C)(C)C1(CCC[C@H](CC(=O)O)c2nc(CNC3CC3)no2)CCCCC1. The lowest BCUT2D eigenvalue weighted by molar-refractivity contribution is -0.137. The minimum absolute atomic E-state index is 0.0558. The van der Waals surface area contributed by atoms with E-state index >= 15 is 0 Å². The van der Waals surface area contributed by atoms with E-state index in [-0.39, 0.29) is 17.8 Å². The highest BCUT2D eigenvalue weighted by atomic mass is 16.5. The summed E-state index contributed by atoms with van der Waals surface area (Å²) in [6.45, 7) is 7.69. The molecule has 0 bridgehead atoms. The number of aromatic nitrogens is 2. The quantitative estimate of drug-likeness (QED) is 0.580. The van der Waals surface area contributed by atoms with E-state index in [0.717, 1.165) is 19.3 Å². The Morgan fingerprint density at radius 1 is 1.29 bits per heavy atom. The summed E-state index contributed by atoms with van der Waals surface area (Å²) >= 11 is 0. The van der Waals surface area contributed by atoms with Gasteiger partial charge in [-0.3, -0.25) is 4.79 Å². The van der Waals surface area contributed by atoms with Crippen molar-refractivity contribution in [1.29, 1.82) is 0 Å². The Bertz CT molecular complexity index is 640. The van der Waals surface area contributed by atoms with Crippen LogP contribution < -0.4 is 5.32 Å². The molecule has 1 aromatic heterocycles. The Labute approximate surface area is 168 Å². The topological polar surface area (TPSA) is 88.2 Å². The molecule has 2 aliphatic carbocycles. The zero-order valence-electron chi connectivity index (χ0n) is 17.8. The van der Waals surface area contributed by atoms with E-state index in [1.165, 1.54) is 44.9 Å². The van der Waals surface area contributed by atoms with Crippen LogP contribution >= 0.6 is 0 Å². The molecule has 6 nitrogen and oxygen atoms in total. The molecule has 2 aliphatic rings. The summed E-state index contributed by atoms with van der Waals surface area (Å²) < 4.78 is 5.45. The molecule has 2 fully saturated rings. The number of carbonyl (C=O) groups is 1. The standard InChI is InChI=1S/C22H37N3O3/c1-21(2,3)22(11-5-4-6-12-22)13-7-8-16(14-19(26)27)20-24-18(25-28-20)15-23-17-9-10-17/h16-17,23H,4-15H2,1-3H3,(H,26,27)/t16-/m1/s1. The Balaban J connectivity index is 1.59. The van der Waals surface area contributed by atoms with E-state index in [1.54, 1.807) is 0 Å². The van der Waals surface area contributed by atoms with E-state index < -0.39 is 5.97 Å². The van der Waals surface area contributed by atoms with Gasteiger partial charge >= 0.3 is 5.97 Å². The molecule has 1 heterocycles. The predicted molar refractivity (Wildman–Crippen MR) is 108 cm³/mol. The molecule has 2 N–H and O–H groups in total. The largest absolute Gasteiger partial charge is 0.481 e. The normalized spacial score (nSPS) is 20.8. The average Bonchev–Trinajstić information content (AvgIpc) is 3.35. The van der Waals surface area contributed by atoms with Crippen LogP contribution in [0.2, 0.25) is 0 Å².